The lowest BCUT2D eigenvalue weighted by Gasteiger charge is -2.29. The van der Waals surface area contributed by atoms with Crippen molar-refractivity contribution in [1.29, 1.82) is 5.26 Å². The minimum atomic E-state index is -0.906. The first-order valence-corrected chi connectivity index (χ1v) is 6.55. The summed E-state index contributed by atoms with van der Waals surface area (Å²) in [7, 11) is 0. The van der Waals surface area contributed by atoms with Crippen LogP contribution in [0.3, 0.4) is 0 Å². The van der Waals surface area contributed by atoms with Crippen molar-refractivity contribution in [2.75, 3.05) is 6.54 Å². The van der Waals surface area contributed by atoms with Crippen LogP contribution in [0.15, 0.2) is 0 Å². The van der Waals surface area contributed by atoms with E-state index in [1.54, 1.807) is 0 Å². The molecule has 4 nitrogen and oxygen atoms in total. The van der Waals surface area contributed by atoms with Crippen molar-refractivity contribution in [2.24, 2.45) is 10.8 Å². The topological polar surface area (TPSA) is 70.0 Å². The summed E-state index contributed by atoms with van der Waals surface area (Å²) in [5.41, 5.74) is -1.37. The molecule has 0 heterocycles. The maximum absolute atomic E-state index is 12.1. The molecule has 0 aromatic rings. The van der Waals surface area contributed by atoms with Gasteiger partial charge in [0, 0.05) is 5.41 Å². The van der Waals surface area contributed by atoms with E-state index < -0.39 is 10.8 Å². The highest BCUT2D eigenvalue weighted by Crippen LogP contribution is 2.35. The van der Waals surface area contributed by atoms with Gasteiger partial charge < -0.3 is 5.32 Å². The minimum Gasteiger partial charge on any atom is -0.348 e. The SMILES string of the molecule is CC(C)(C)C(=O)CNC(=O)C1(C#N)CCCCC1. The Morgan fingerprint density at radius 3 is 2.22 bits per heavy atom. The Labute approximate surface area is 109 Å². The molecule has 0 aromatic carbocycles. The van der Waals surface area contributed by atoms with Gasteiger partial charge >= 0.3 is 0 Å². The third-order valence-corrected chi connectivity index (χ3v) is 3.60. The van der Waals surface area contributed by atoms with E-state index in [9.17, 15) is 14.9 Å². The molecule has 4 heteroatoms. The van der Waals surface area contributed by atoms with Gasteiger partial charge in [-0.3, -0.25) is 9.59 Å². The number of ketones is 1. The Balaban J connectivity index is 2.59. The number of rotatable bonds is 3. The second-order valence-corrected chi connectivity index (χ2v) is 6.11. The normalized spacial score (nSPS) is 18.8. The zero-order valence-corrected chi connectivity index (χ0v) is 11.5. The molecule has 0 aromatic heterocycles. The average molecular weight is 250 g/mol. The Kier molecular flexibility index (Phi) is 4.50. The highest BCUT2D eigenvalue weighted by Gasteiger charge is 2.40. The third-order valence-electron chi connectivity index (χ3n) is 3.60. The highest BCUT2D eigenvalue weighted by atomic mass is 16.2. The molecular weight excluding hydrogens is 228 g/mol. The predicted octanol–water partition coefficient (Wildman–Crippen LogP) is 2.19. The lowest BCUT2D eigenvalue weighted by Crippen LogP contribution is -2.45. The highest BCUT2D eigenvalue weighted by molar-refractivity contribution is 5.92. The van der Waals surface area contributed by atoms with Crippen molar-refractivity contribution < 1.29 is 9.59 Å². The van der Waals surface area contributed by atoms with E-state index in [4.69, 9.17) is 0 Å². The summed E-state index contributed by atoms with van der Waals surface area (Å²) >= 11 is 0. The number of nitrogens with one attached hydrogen (secondary N) is 1. The molecule has 1 amide bonds. The molecule has 18 heavy (non-hydrogen) atoms. The van der Waals surface area contributed by atoms with Crippen molar-refractivity contribution in [3.63, 3.8) is 0 Å². The molecule has 0 radical (unpaired) electrons. The van der Waals surface area contributed by atoms with Gasteiger partial charge in [0.2, 0.25) is 5.91 Å². The van der Waals surface area contributed by atoms with E-state index in [0.29, 0.717) is 12.8 Å². The number of Topliss-reactive ketones (excluding diaryl/α,β-unsaturated/α-hetero) is 1. The van der Waals surface area contributed by atoms with Crippen LogP contribution in [0.5, 0.6) is 0 Å². The summed E-state index contributed by atoms with van der Waals surface area (Å²) in [4.78, 5) is 23.8. The summed E-state index contributed by atoms with van der Waals surface area (Å²) in [5, 5.41) is 11.9. The van der Waals surface area contributed by atoms with E-state index in [1.807, 2.05) is 20.8 Å². The average Bonchev–Trinajstić information content (AvgIpc) is 2.35. The summed E-state index contributed by atoms with van der Waals surface area (Å²) in [5.74, 6) is -0.290. The summed E-state index contributed by atoms with van der Waals surface area (Å²) < 4.78 is 0. The molecular formula is C14H22N2O2. The molecule has 0 spiro atoms. The van der Waals surface area contributed by atoms with E-state index in [1.165, 1.54) is 0 Å². The molecule has 1 rings (SSSR count). The van der Waals surface area contributed by atoms with Crippen molar-refractivity contribution in [3.8, 4) is 6.07 Å². The number of hydrogen-bond acceptors (Lipinski definition) is 3. The van der Waals surface area contributed by atoms with Crippen molar-refractivity contribution in [1.82, 2.24) is 5.32 Å². The quantitative estimate of drug-likeness (QED) is 0.834. The largest absolute Gasteiger partial charge is 0.348 e. The maximum atomic E-state index is 12.1. The Bertz CT molecular complexity index is 368. The Morgan fingerprint density at radius 1 is 1.22 bits per heavy atom. The number of carbonyl (C=O) groups excluding carboxylic acids is 2. The van der Waals surface area contributed by atoms with E-state index in [-0.39, 0.29) is 18.2 Å². The number of nitrogens with zero attached hydrogens (tertiary/aromatic N) is 1. The number of hydrogen-bond donors (Lipinski definition) is 1. The molecule has 1 aliphatic rings. The maximum Gasteiger partial charge on any atom is 0.240 e. The van der Waals surface area contributed by atoms with Crippen LogP contribution < -0.4 is 5.32 Å². The van der Waals surface area contributed by atoms with Gasteiger partial charge in [-0.2, -0.15) is 5.26 Å². The fourth-order valence-corrected chi connectivity index (χ4v) is 2.14. The second-order valence-electron chi connectivity index (χ2n) is 6.11. The van der Waals surface area contributed by atoms with Gasteiger partial charge in [0.1, 0.15) is 5.41 Å². The molecule has 0 atom stereocenters. The predicted molar refractivity (Wildman–Crippen MR) is 68.6 cm³/mol. The van der Waals surface area contributed by atoms with E-state index >= 15 is 0 Å². The molecule has 0 unspecified atom stereocenters. The van der Waals surface area contributed by atoms with Gasteiger partial charge in [0.25, 0.3) is 0 Å². The molecule has 0 aliphatic heterocycles. The van der Waals surface area contributed by atoms with Crippen LogP contribution >= 0.6 is 0 Å². The van der Waals surface area contributed by atoms with Crippen LogP contribution in [0.2, 0.25) is 0 Å². The molecule has 0 bridgehead atoms. The lowest BCUT2D eigenvalue weighted by molar-refractivity contribution is -0.133. The van der Waals surface area contributed by atoms with Crippen LogP contribution in [-0.2, 0) is 9.59 Å². The van der Waals surface area contributed by atoms with Gasteiger partial charge in [-0.15, -0.1) is 0 Å². The molecule has 1 saturated carbocycles. The lowest BCUT2D eigenvalue weighted by atomic mass is 9.74. The fraction of sp³-hybridized carbons (Fsp3) is 0.786. The van der Waals surface area contributed by atoms with Gasteiger partial charge in [-0.1, -0.05) is 40.0 Å². The van der Waals surface area contributed by atoms with Crippen molar-refractivity contribution in [3.05, 3.63) is 0 Å². The summed E-state index contributed by atoms with van der Waals surface area (Å²) in [6.07, 6.45) is 4.12. The standard InChI is InChI=1S/C14H22N2O2/c1-13(2,3)11(17)9-16-12(18)14(10-15)7-5-4-6-8-14/h4-9H2,1-3H3,(H,16,18). The summed E-state index contributed by atoms with van der Waals surface area (Å²) in [6, 6.07) is 2.16. The first-order chi connectivity index (χ1) is 8.32. The zero-order valence-electron chi connectivity index (χ0n) is 11.5. The van der Waals surface area contributed by atoms with E-state index in [0.717, 1.165) is 19.3 Å². The zero-order chi connectivity index (χ0) is 13.8. The van der Waals surface area contributed by atoms with Gasteiger partial charge in [0.05, 0.1) is 12.6 Å². The van der Waals surface area contributed by atoms with Crippen LogP contribution in [0.4, 0.5) is 0 Å². The number of carbonyl (C=O) groups is 2. The van der Waals surface area contributed by atoms with Gasteiger partial charge in [0.15, 0.2) is 5.78 Å². The minimum absolute atomic E-state index is 0.0141. The Morgan fingerprint density at radius 2 is 1.78 bits per heavy atom. The first kappa shape index (κ1) is 14.7. The number of nitriles is 1. The van der Waals surface area contributed by atoms with Gasteiger partial charge in [-0.25, -0.2) is 0 Å². The van der Waals surface area contributed by atoms with Gasteiger partial charge in [-0.05, 0) is 12.8 Å². The number of amides is 1. The first-order valence-electron chi connectivity index (χ1n) is 6.55. The molecule has 100 valence electrons. The third kappa shape index (κ3) is 3.32. The van der Waals surface area contributed by atoms with Crippen LogP contribution in [0.1, 0.15) is 52.9 Å². The Hall–Kier alpha value is -1.37. The van der Waals surface area contributed by atoms with Crippen LogP contribution in [0, 0.1) is 22.2 Å². The molecule has 0 saturated heterocycles. The van der Waals surface area contributed by atoms with E-state index in [2.05, 4.69) is 11.4 Å². The second kappa shape index (κ2) is 5.51. The van der Waals surface area contributed by atoms with Crippen LogP contribution in [0.25, 0.3) is 0 Å². The monoisotopic (exact) mass is 250 g/mol. The summed E-state index contributed by atoms with van der Waals surface area (Å²) in [6.45, 7) is 5.48. The molecule has 1 N–H and O–H groups in total. The fourth-order valence-electron chi connectivity index (χ4n) is 2.14. The molecule has 1 aliphatic carbocycles. The van der Waals surface area contributed by atoms with Crippen LogP contribution in [-0.4, -0.2) is 18.2 Å². The van der Waals surface area contributed by atoms with Crippen molar-refractivity contribution in [2.45, 2.75) is 52.9 Å². The van der Waals surface area contributed by atoms with Crippen molar-refractivity contribution >= 4 is 11.7 Å². The smallest absolute Gasteiger partial charge is 0.240 e. The molecule has 1 fully saturated rings.